The lowest BCUT2D eigenvalue weighted by atomic mass is 10.2. The fraction of sp³-hybridized carbons (Fsp3) is 0.167. The van der Waals surface area contributed by atoms with Gasteiger partial charge in [0.25, 0.3) is 0 Å². The molecular formula is C18H20ClN5. The van der Waals surface area contributed by atoms with Crippen molar-refractivity contribution in [2.75, 3.05) is 5.32 Å². The third-order valence-corrected chi connectivity index (χ3v) is 3.61. The van der Waals surface area contributed by atoms with Crippen LogP contribution in [0.4, 0.5) is 17.3 Å². The number of nitrogens with zero attached hydrogens (tertiary/aromatic N) is 4. The van der Waals surface area contributed by atoms with E-state index in [-0.39, 0.29) is 12.4 Å². The number of imidazole rings is 1. The van der Waals surface area contributed by atoms with Crippen molar-refractivity contribution in [2.45, 2.75) is 6.54 Å². The third kappa shape index (κ3) is 4.43. The highest BCUT2D eigenvalue weighted by molar-refractivity contribution is 5.51. The summed E-state index contributed by atoms with van der Waals surface area (Å²) in [5.41, 5.74) is 3.15. The van der Waals surface area contributed by atoms with Gasteiger partial charge in [0.1, 0.15) is 5.69 Å². The number of hydrogen-bond acceptors (Lipinski definition) is 3. The number of benzene rings is 2. The summed E-state index contributed by atoms with van der Waals surface area (Å²) in [6.07, 6.45) is 3.90. The number of aromatic nitrogens is 2. The van der Waals surface area contributed by atoms with Crippen LogP contribution >= 0.6 is 0 Å². The first kappa shape index (κ1) is 17.7. The van der Waals surface area contributed by atoms with Crippen LogP contribution in [0.5, 0.6) is 0 Å². The van der Waals surface area contributed by atoms with Crippen molar-refractivity contribution in [1.29, 1.82) is 0 Å². The summed E-state index contributed by atoms with van der Waals surface area (Å²) in [4.78, 5) is 0. The molecule has 0 unspecified atom stereocenters. The topological polar surface area (TPSA) is 45.6 Å². The van der Waals surface area contributed by atoms with Gasteiger partial charge in [0.15, 0.2) is 0 Å². The first-order chi connectivity index (χ1) is 11.2. The normalized spacial score (nSPS) is 10.6. The van der Waals surface area contributed by atoms with Gasteiger partial charge in [0.2, 0.25) is 0 Å². The Bertz CT molecular complexity index is 775. The van der Waals surface area contributed by atoms with Crippen LogP contribution in [0.2, 0.25) is 0 Å². The van der Waals surface area contributed by atoms with E-state index in [1.54, 1.807) is 0 Å². The molecule has 0 radical (unpaired) electrons. The van der Waals surface area contributed by atoms with Crippen molar-refractivity contribution in [3.8, 4) is 0 Å². The highest BCUT2D eigenvalue weighted by Gasteiger charge is 2.10. The highest BCUT2D eigenvalue weighted by Crippen LogP contribution is 2.19. The van der Waals surface area contributed by atoms with E-state index in [9.17, 15) is 0 Å². The zero-order chi connectivity index (χ0) is 16.1. The molecule has 6 heteroatoms. The summed E-state index contributed by atoms with van der Waals surface area (Å²) in [6.45, 7) is 0.806. The summed E-state index contributed by atoms with van der Waals surface area (Å²) < 4.78 is 3.86. The number of rotatable bonds is 5. The number of nitrogens with one attached hydrogen (secondary N) is 1. The Kier molecular flexibility index (Phi) is 6.09. The Morgan fingerprint density at radius 2 is 1.71 bits per heavy atom. The fourth-order valence-electron chi connectivity index (χ4n) is 2.27. The van der Waals surface area contributed by atoms with Gasteiger partial charge < -0.3 is 17.7 Å². The van der Waals surface area contributed by atoms with Crippen molar-refractivity contribution >= 4 is 17.3 Å². The van der Waals surface area contributed by atoms with E-state index in [1.165, 1.54) is 5.56 Å². The standard InChI is InChI=1S/C18H19N5.ClH/c1-22-12-13-23(2)18(22)21-20-17-10-8-16(9-11-17)19-14-15-6-4-3-5-7-15;/h3-13H,14H2,1-2H3;1H. The second-order valence-corrected chi connectivity index (χ2v) is 5.41. The van der Waals surface area contributed by atoms with Gasteiger partial charge in [-0.1, -0.05) is 35.4 Å². The number of azo groups is 1. The Morgan fingerprint density at radius 1 is 1.00 bits per heavy atom. The van der Waals surface area contributed by atoms with Crippen molar-refractivity contribution in [3.63, 3.8) is 0 Å². The average Bonchev–Trinajstić information content (AvgIpc) is 2.91. The fourth-order valence-corrected chi connectivity index (χ4v) is 2.27. The Morgan fingerprint density at radius 3 is 2.33 bits per heavy atom. The molecule has 0 amide bonds. The molecule has 24 heavy (non-hydrogen) atoms. The first-order valence-corrected chi connectivity index (χ1v) is 7.53. The second kappa shape index (κ2) is 8.26. The molecule has 0 aliphatic rings. The molecule has 0 saturated carbocycles. The van der Waals surface area contributed by atoms with E-state index in [0.29, 0.717) is 0 Å². The van der Waals surface area contributed by atoms with E-state index in [4.69, 9.17) is 0 Å². The van der Waals surface area contributed by atoms with Gasteiger partial charge in [-0.25, -0.2) is 9.13 Å². The lowest BCUT2D eigenvalue weighted by molar-refractivity contribution is -0.657. The zero-order valence-electron chi connectivity index (χ0n) is 13.7. The molecule has 3 aromatic rings. The minimum absolute atomic E-state index is 0. The lowest BCUT2D eigenvalue weighted by Gasteiger charge is -2.06. The maximum Gasteiger partial charge on any atom is 0.421 e. The highest BCUT2D eigenvalue weighted by atomic mass is 35.5. The van der Waals surface area contributed by atoms with E-state index in [1.807, 2.05) is 78.1 Å². The zero-order valence-corrected chi connectivity index (χ0v) is 14.5. The van der Waals surface area contributed by atoms with Crippen LogP contribution in [-0.4, -0.2) is 4.57 Å². The van der Waals surface area contributed by atoms with Crippen LogP contribution in [0.1, 0.15) is 5.56 Å². The summed E-state index contributed by atoms with van der Waals surface area (Å²) in [7, 11) is 3.90. The third-order valence-electron chi connectivity index (χ3n) is 3.61. The molecule has 0 aliphatic carbocycles. The van der Waals surface area contributed by atoms with E-state index in [0.717, 1.165) is 23.9 Å². The molecule has 0 atom stereocenters. The maximum atomic E-state index is 4.29. The summed E-state index contributed by atoms with van der Waals surface area (Å²) in [5, 5.41) is 12.0. The molecule has 1 aromatic heterocycles. The SMILES string of the molecule is Cn1cc[n+](C)c1/N=N/c1ccc(NCc2ccccc2)cc1.[Cl-]. The van der Waals surface area contributed by atoms with Crippen LogP contribution in [-0.2, 0) is 20.6 Å². The van der Waals surface area contributed by atoms with Gasteiger partial charge in [0, 0.05) is 17.3 Å². The number of aryl methyl sites for hydroxylation is 2. The van der Waals surface area contributed by atoms with E-state index >= 15 is 0 Å². The van der Waals surface area contributed by atoms with Gasteiger partial charge in [-0.15, -0.1) is 0 Å². The quantitative estimate of drug-likeness (QED) is 0.543. The van der Waals surface area contributed by atoms with Crippen LogP contribution in [0.25, 0.3) is 0 Å². The number of halogens is 1. The predicted molar refractivity (Wildman–Crippen MR) is 91.0 cm³/mol. The van der Waals surface area contributed by atoms with Gasteiger partial charge in [-0.2, -0.15) is 0 Å². The van der Waals surface area contributed by atoms with Gasteiger partial charge in [0.05, 0.1) is 26.5 Å². The summed E-state index contributed by atoms with van der Waals surface area (Å²) in [5.74, 6) is 0.802. The Labute approximate surface area is 148 Å². The van der Waals surface area contributed by atoms with Gasteiger partial charge in [-0.3, -0.25) is 0 Å². The molecule has 1 heterocycles. The molecule has 124 valence electrons. The molecular weight excluding hydrogens is 322 g/mol. The second-order valence-electron chi connectivity index (χ2n) is 5.41. The van der Waals surface area contributed by atoms with Crippen LogP contribution in [0, 0.1) is 0 Å². The van der Waals surface area contributed by atoms with Crippen LogP contribution in [0.3, 0.4) is 0 Å². The number of hydrogen-bond donors (Lipinski definition) is 1. The van der Waals surface area contributed by atoms with Crippen molar-refractivity contribution < 1.29 is 17.0 Å². The minimum atomic E-state index is 0. The van der Waals surface area contributed by atoms with Gasteiger partial charge in [-0.05, 0) is 29.8 Å². The molecule has 0 saturated heterocycles. The molecule has 0 fully saturated rings. The number of anilines is 1. The van der Waals surface area contributed by atoms with E-state index < -0.39 is 0 Å². The van der Waals surface area contributed by atoms with Crippen molar-refractivity contribution in [1.82, 2.24) is 4.57 Å². The van der Waals surface area contributed by atoms with Crippen LogP contribution in [0.15, 0.2) is 77.2 Å². The monoisotopic (exact) mass is 341 g/mol. The molecule has 0 spiro atoms. The average molecular weight is 342 g/mol. The first-order valence-electron chi connectivity index (χ1n) is 7.53. The molecule has 1 N–H and O–H groups in total. The molecule has 5 nitrogen and oxygen atoms in total. The van der Waals surface area contributed by atoms with Crippen LogP contribution < -0.4 is 22.3 Å². The smallest absolute Gasteiger partial charge is 0.421 e. The van der Waals surface area contributed by atoms with Crippen molar-refractivity contribution in [2.24, 2.45) is 24.3 Å². The maximum absolute atomic E-state index is 4.29. The lowest BCUT2D eigenvalue weighted by Crippen LogP contribution is -3.00. The molecule has 0 aliphatic heterocycles. The molecule has 0 bridgehead atoms. The summed E-state index contributed by atoms with van der Waals surface area (Å²) in [6, 6.07) is 18.3. The van der Waals surface area contributed by atoms with E-state index in [2.05, 4.69) is 27.7 Å². The van der Waals surface area contributed by atoms with Crippen molar-refractivity contribution in [3.05, 3.63) is 72.6 Å². The minimum Gasteiger partial charge on any atom is -1.00 e. The summed E-state index contributed by atoms with van der Waals surface area (Å²) >= 11 is 0. The molecule has 2 aromatic carbocycles. The Balaban J connectivity index is 0.00000208. The Hall–Kier alpha value is -2.66. The molecule has 3 rings (SSSR count). The predicted octanol–water partition coefficient (Wildman–Crippen LogP) is 0.881. The largest absolute Gasteiger partial charge is 1.00 e. The van der Waals surface area contributed by atoms with Gasteiger partial charge >= 0.3 is 5.95 Å².